The van der Waals surface area contributed by atoms with E-state index in [9.17, 15) is 0 Å². The standard InChI is InChI=1S/C54H37N5/c1-4-13-36(14-5-1)37-22-26-40(27-23-37)48-35-49(57-53(56-48)42-15-6-2-7-16-42)41-28-24-38(25-29-41)39-30-32-44(33-31-39)59-52-46-20-11-10-19-45(46)50-47(21-12-34-55-50)51(52)58-54(59)43-17-8-3-9-18-43/h1-35,48H,(H,56,57). The minimum Gasteiger partial charge on any atom is -0.359 e. The summed E-state index contributed by atoms with van der Waals surface area (Å²) in [5.41, 5.74) is 14.0. The molecular weight excluding hydrogens is 719 g/mol. The molecule has 0 radical (unpaired) electrons. The van der Waals surface area contributed by atoms with Crippen LogP contribution in [0.5, 0.6) is 0 Å². The number of benzene rings is 8. The van der Waals surface area contributed by atoms with Gasteiger partial charge in [0.25, 0.3) is 0 Å². The van der Waals surface area contributed by atoms with Crippen LogP contribution in [0.1, 0.15) is 22.7 Å². The number of hydrogen-bond acceptors (Lipinski definition) is 4. The van der Waals surface area contributed by atoms with E-state index in [1.165, 1.54) is 16.7 Å². The first kappa shape index (κ1) is 34.4. The van der Waals surface area contributed by atoms with Crippen molar-refractivity contribution < 1.29 is 0 Å². The van der Waals surface area contributed by atoms with Crippen LogP contribution < -0.4 is 5.32 Å². The van der Waals surface area contributed by atoms with Crippen molar-refractivity contribution in [2.24, 2.45) is 4.99 Å². The maximum Gasteiger partial charge on any atom is 0.145 e. The third-order valence-electron chi connectivity index (χ3n) is 11.3. The van der Waals surface area contributed by atoms with Gasteiger partial charge in [-0.3, -0.25) is 9.55 Å². The summed E-state index contributed by atoms with van der Waals surface area (Å²) in [6.07, 6.45) is 4.10. The Morgan fingerprint density at radius 2 is 0.949 bits per heavy atom. The molecule has 1 unspecified atom stereocenters. The quantitative estimate of drug-likeness (QED) is 0.165. The van der Waals surface area contributed by atoms with Gasteiger partial charge in [-0.25, -0.2) is 9.98 Å². The summed E-state index contributed by atoms with van der Waals surface area (Å²) in [6, 6.07) is 70.4. The second-order valence-corrected chi connectivity index (χ2v) is 14.9. The first-order valence-electron chi connectivity index (χ1n) is 20.0. The Kier molecular flexibility index (Phi) is 8.48. The molecule has 0 spiro atoms. The summed E-state index contributed by atoms with van der Waals surface area (Å²) in [5.74, 6) is 1.76. The molecule has 11 rings (SSSR count). The number of hydrogen-bond donors (Lipinski definition) is 1. The lowest BCUT2D eigenvalue weighted by molar-refractivity contribution is 0.781. The predicted octanol–water partition coefficient (Wildman–Crippen LogP) is 12.9. The minimum absolute atomic E-state index is 0.0406. The van der Waals surface area contributed by atoms with Crippen molar-refractivity contribution in [2.75, 3.05) is 0 Å². The summed E-state index contributed by atoms with van der Waals surface area (Å²) in [7, 11) is 0. The first-order valence-corrected chi connectivity index (χ1v) is 20.0. The second kappa shape index (κ2) is 14.6. The molecule has 1 N–H and O–H groups in total. The maximum atomic E-state index is 5.34. The molecule has 0 aliphatic carbocycles. The van der Waals surface area contributed by atoms with Gasteiger partial charge >= 0.3 is 0 Å². The third-order valence-corrected chi connectivity index (χ3v) is 11.3. The Morgan fingerprint density at radius 3 is 1.63 bits per heavy atom. The highest BCUT2D eigenvalue weighted by Gasteiger charge is 2.22. The molecule has 59 heavy (non-hydrogen) atoms. The molecule has 0 amide bonds. The molecular formula is C54H37N5. The summed E-state index contributed by atoms with van der Waals surface area (Å²) in [5, 5.41) is 6.99. The number of fused-ring (bicyclic) bond motifs is 6. The number of nitrogens with zero attached hydrogens (tertiary/aromatic N) is 4. The van der Waals surface area contributed by atoms with E-state index in [0.717, 1.165) is 83.6 Å². The van der Waals surface area contributed by atoms with Gasteiger partial charge < -0.3 is 5.32 Å². The van der Waals surface area contributed by atoms with Crippen LogP contribution in [0.15, 0.2) is 217 Å². The fourth-order valence-electron chi connectivity index (χ4n) is 8.37. The normalized spacial score (nSPS) is 13.9. The minimum atomic E-state index is -0.0406. The molecule has 1 atom stereocenters. The number of aliphatic imine (C=N–C) groups is 1. The van der Waals surface area contributed by atoms with E-state index in [0.29, 0.717) is 0 Å². The Hall–Kier alpha value is -7.89. The Labute approximate surface area is 342 Å². The number of pyridine rings is 1. The predicted molar refractivity (Wildman–Crippen MR) is 243 cm³/mol. The summed E-state index contributed by atoms with van der Waals surface area (Å²) in [4.78, 5) is 15.3. The number of imidazole rings is 1. The van der Waals surface area contributed by atoms with Crippen molar-refractivity contribution in [3.05, 3.63) is 229 Å². The van der Waals surface area contributed by atoms with E-state index >= 15 is 0 Å². The number of rotatable bonds is 7. The molecule has 0 fully saturated rings. The number of nitrogens with one attached hydrogen (secondary N) is 1. The zero-order valence-corrected chi connectivity index (χ0v) is 32.1. The SMILES string of the molecule is C1=C(c2ccc(-c3ccc(-n4c(-c5ccccc5)nc5c6cccnc6c6ccccc6c54)cc3)cc2)N=C(c2ccccc2)NC1c1ccc(-c2ccccc2)cc1. The lowest BCUT2D eigenvalue weighted by atomic mass is 9.97. The van der Waals surface area contributed by atoms with Crippen molar-refractivity contribution in [3.8, 4) is 39.3 Å². The molecule has 0 saturated carbocycles. The molecule has 5 heteroatoms. The lowest BCUT2D eigenvalue weighted by Crippen LogP contribution is -2.31. The van der Waals surface area contributed by atoms with Gasteiger partial charge in [0.15, 0.2) is 0 Å². The summed E-state index contributed by atoms with van der Waals surface area (Å²) < 4.78 is 2.31. The van der Waals surface area contributed by atoms with Gasteiger partial charge in [0.05, 0.1) is 28.3 Å². The zero-order valence-electron chi connectivity index (χ0n) is 32.1. The molecule has 3 heterocycles. The van der Waals surface area contributed by atoms with Crippen LogP contribution in [-0.4, -0.2) is 20.4 Å². The van der Waals surface area contributed by atoms with E-state index in [1.54, 1.807) is 0 Å². The first-order chi connectivity index (χ1) is 29.2. The van der Waals surface area contributed by atoms with Gasteiger partial charge in [0.2, 0.25) is 0 Å². The van der Waals surface area contributed by atoms with E-state index in [1.807, 2.05) is 24.4 Å². The molecule has 1 aliphatic rings. The topological polar surface area (TPSA) is 55.1 Å². The molecule has 2 aromatic heterocycles. The molecule has 1 aliphatic heterocycles. The number of amidine groups is 1. The maximum absolute atomic E-state index is 5.34. The highest BCUT2D eigenvalue weighted by Crippen LogP contribution is 2.39. The Morgan fingerprint density at radius 1 is 0.424 bits per heavy atom. The smallest absolute Gasteiger partial charge is 0.145 e. The zero-order chi connectivity index (χ0) is 39.1. The van der Waals surface area contributed by atoms with Crippen LogP contribution in [0.2, 0.25) is 0 Å². The second-order valence-electron chi connectivity index (χ2n) is 14.9. The van der Waals surface area contributed by atoms with Crippen molar-refractivity contribution in [3.63, 3.8) is 0 Å². The summed E-state index contributed by atoms with van der Waals surface area (Å²) >= 11 is 0. The lowest BCUT2D eigenvalue weighted by Gasteiger charge is -2.24. The van der Waals surface area contributed by atoms with Gasteiger partial charge in [0, 0.05) is 39.2 Å². The Bertz CT molecular complexity index is 3190. The molecule has 5 nitrogen and oxygen atoms in total. The highest BCUT2D eigenvalue weighted by atomic mass is 15.1. The monoisotopic (exact) mass is 755 g/mol. The van der Waals surface area contributed by atoms with Crippen molar-refractivity contribution in [1.29, 1.82) is 0 Å². The third kappa shape index (κ3) is 6.26. The van der Waals surface area contributed by atoms with Gasteiger partial charge in [-0.05, 0) is 63.7 Å². The average Bonchev–Trinajstić information content (AvgIpc) is 3.74. The van der Waals surface area contributed by atoms with Crippen molar-refractivity contribution in [2.45, 2.75) is 6.04 Å². The van der Waals surface area contributed by atoms with Gasteiger partial charge in [-0.15, -0.1) is 0 Å². The molecule has 0 saturated heterocycles. The Balaban J connectivity index is 0.953. The van der Waals surface area contributed by atoms with E-state index in [4.69, 9.17) is 15.0 Å². The van der Waals surface area contributed by atoms with Gasteiger partial charge in [0.1, 0.15) is 11.7 Å². The fraction of sp³-hybridized carbons (Fsp3) is 0.0185. The molecule has 0 bridgehead atoms. The van der Waals surface area contributed by atoms with Crippen LogP contribution in [0.25, 0.3) is 77.7 Å². The average molecular weight is 756 g/mol. The van der Waals surface area contributed by atoms with Crippen LogP contribution in [0.3, 0.4) is 0 Å². The van der Waals surface area contributed by atoms with Crippen LogP contribution in [0, 0.1) is 0 Å². The van der Waals surface area contributed by atoms with E-state index < -0.39 is 0 Å². The van der Waals surface area contributed by atoms with E-state index in [2.05, 4.69) is 198 Å². The van der Waals surface area contributed by atoms with Crippen LogP contribution >= 0.6 is 0 Å². The van der Waals surface area contributed by atoms with E-state index in [-0.39, 0.29) is 6.04 Å². The van der Waals surface area contributed by atoms with Crippen molar-refractivity contribution in [1.82, 2.24) is 19.9 Å². The molecule has 8 aromatic carbocycles. The van der Waals surface area contributed by atoms with Crippen LogP contribution in [0.4, 0.5) is 0 Å². The van der Waals surface area contributed by atoms with Gasteiger partial charge in [-0.2, -0.15) is 0 Å². The fourth-order valence-corrected chi connectivity index (χ4v) is 8.37. The largest absolute Gasteiger partial charge is 0.359 e. The van der Waals surface area contributed by atoms with Crippen LogP contribution in [-0.2, 0) is 0 Å². The highest BCUT2D eigenvalue weighted by molar-refractivity contribution is 6.23. The van der Waals surface area contributed by atoms with Gasteiger partial charge in [-0.1, -0.05) is 176 Å². The number of aromatic nitrogens is 3. The van der Waals surface area contributed by atoms with Crippen molar-refractivity contribution >= 4 is 44.2 Å². The molecule has 278 valence electrons. The summed E-state index contributed by atoms with van der Waals surface area (Å²) in [6.45, 7) is 0. The molecule has 10 aromatic rings.